The van der Waals surface area contributed by atoms with E-state index in [1.165, 1.54) is 11.5 Å². The van der Waals surface area contributed by atoms with Gasteiger partial charge in [0, 0.05) is 5.39 Å². The lowest BCUT2D eigenvalue weighted by Gasteiger charge is -1.85. The summed E-state index contributed by atoms with van der Waals surface area (Å²) < 4.78 is 3.95. The number of hydrogen-bond donors (Lipinski definition) is 0. The zero-order valence-electron chi connectivity index (χ0n) is 5.48. The number of aromatic nitrogens is 2. The fourth-order valence-corrected chi connectivity index (χ4v) is 1.45. The van der Waals surface area contributed by atoms with Gasteiger partial charge in [0.05, 0.1) is 6.20 Å². The first-order valence-corrected chi connectivity index (χ1v) is 3.79. The topological polar surface area (TPSA) is 49.6 Å². The highest BCUT2D eigenvalue weighted by Gasteiger charge is 1.97. The predicted octanol–water partition coefficient (Wildman–Crippen LogP) is 1.56. The van der Waals surface area contributed by atoms with Crippen LogP contribution >= 0.6 is 11.5 Å². The highest BCUT2D eigenvalue weighted by molar-refractivity contribution is 7.12. The van der Waals surface area contributed by atoms with Gasteiger partial charge in [0.2, 0.25) is 0 Å². The molecular formula is C7H3N3S. The van der Waals surface area contributed by atoms with Crippen LogP contribution in [0.4, 0.5) is 0 Å². The SMILES string of the molecule is N#Cc1ccc2cnsc2n1. The van der Waals surface area contributed by atoms with E-state index in [1.54, 1.807) is 12.3 Å². The molecule has 0 amide bonds. The molecule has 11 heavy (non-hydrogen) atoms. The minimum atomic E-state index is 0.446. The number of rotatable bonds is 0. The summed E-state index contributed by atoms with van der Waals surface area (Å²) in [5.74, 6) is 0. The first-order valence-electron chi connectivity index (χ1n) is 3.02. The van der Waals surface area contributed by atoms with Crippen molar-refractivity contribution in [2.24, 2.45) is 0 Å². The lowest BCUT2D eigenvalue weighted by Crippen LogP contribution is -1.78. The molecule has 0 radical (unpaired) electrons. The quantitative estimate of drug-likeness (QED) is 0.589. The summed E-state index contributed by atoms with van der Waals surface area (Å²) >= 11 is 1.30. The first kappa shape index (κ1) is 6.25. The second-order valence-electron chi connectivity index (χ2n) is 2.03. The average Bonchev–Trinajstić information content (AvgIpc) is 2.50. The molecule has 52 valence electrons. The van der Waals surface area contributed by atoms with Gasteiger partial charge in [-0.1, -0.05) is 0 Å². The summed E-state index contributed by atoms with van der Waals surface area (Å²) in [7, 11) is 0. The number of hydrogen-bond acceptors (Lipinski definition) is 4. The lowest BCUT2D eigenvalue weighted by molar-refractivity contribution is 1.34. The Balaban J connectivity index is 2.79. The molecule has 0 aliphatic carbocycles. The number of nitriles is 1. The van der Waals surface area contributed by atoms with Crippen LogP contribution < -0.4 is 0 Å². The third kappa shape index (κ3) is 0.954. The van der Waals surface area contributed by atoms with Crippen LogP contribution in [0.3, 0.4) is 0 Å². The summed E-state index contributed by atoms with van der Waals surface area (Å²) in [6.45, 7) is 0. The number of nitrogens with zero attached hydrogens (tertiary/aromatic N) is 3. The molecule has 2 aromatic heterocycles. The van der Waals surface area contributed by atoms with Gasteiger partial charge < -0.3 is 0 Å². The molecular weight excluding hydrogens is 158 g/mol. The first-order chi connectivity index (χ1) is 5.40. The Labute approximate surface area is 67.1 Å². The molecule has 4 heteroatoms. The molecule has 0 aliphatic rings. The van der Waals surface area contributed by atoms with Crippen molar-refractivity contribution in [2.75, 3.05) is 0 Å². The van der Waals surface area contributed by atoms with Crippen LogP contribution in [0, 0.1) is 11.3 Å². The van der Waals surface area contributed by atoms with Gasteiger partial charge in [-0.2, -0.15) is 9.64 Å². The maximum atomic E-state index is 8.51. The smallest absolute Gasteiger partial charge is 0.144 e. The van der Waals surface area contributed by atoms with E-state index >= 15 is 0 Å². The van der Waals surface area contributed by atoms with E-state index in [2.05, 4.69) is 9.36 Å². The predicted molar refractivity (Wildman–Crippen MR) is 42.1 cm³/mol. The Bertz CT molecular complexity index is 426. The zero-order valence-corrected chi connectivity index (χ0v) is 6.30. The van der Waals surface area contributed by atoms with Crippen molar-refractivity contribution in [1.82, 2.24) is 9.36 Å². The van der Waals surface area contributed by atoms with E-state index in [4.69, 9.17) is 5.26 Å². The molecule has 3 nitrogen and oxygen atoms in total. The minimum Gasteiger partial charge on any atom is -0.225 e. The van der Waals surface area contributed by atoms with Crippen molar-refractivity contribution in [1.29, 1.82) is 5.26 Å². The molecule has 2 rings (SSSR count). The fourth-order valence-electron chi connectivity index (χ4n) is 0.818. The highest BCUT2D eigenvalue weighted by Crippen LogP contribution is 2.14. The molecule has 0 aromatic carbocycles. The van der Waals surface area contributed by atoms with Crippen molar-refractivity contribution in [3.8, 4) is 6.07 Å². The lowest BCUT2D eigenvalue weighted by atomic mass is 10.3. The largest absolute Gasteiger partial charge is 0.225 e. The molecule has 0 saturated carbocycles. The maximum Gasteiger partial charge on any atom is 0.144 e. The van der Waals surface area contributed by atoms with Gasteiger partial charge in [0.25, 0.3) is 0 Å². The molecule has 0 bridgehead atoms. The van der Waals surface area contributed by atoms with Crippen LogP contribution in [0.1, 0.15) is 5.69 Å². The van der Waals surface area contributed by atoms with Gasteiger partial charge in [-0.05, 0) is 23.7 Å². The van der Waals surface area contributed by atoms with E-state index in [1.807, 2.05) is 12.1 Å². The van der Waals surface area contributed by atoms with Gasteiger partial charge in [-0.25, -0.2) is 4.98 Å². The van der Waals surface area contributed by atoms with E-state index in [0.717, 1.165) is 10.2 Å². The van der Waals surface area contributed by atoms with Gasteiger partial charge in [-0.15, -0.1) is 0 Å². The van der Waals surface area contributed by atoms with Gasteiger partial charge in [0.1, 0.15) is 16.6 Å². The van der Waals surface area contributed by atoms with Crippen LogP contribution in [0.25, 0.3) is 10.2 Å². The van der Waals surface area contributed by atoms with Gasteiger partial charge >= 0.3 is 0 Å². The molecule has 0 N–H and O–H groups in total. The Hall–Kier alpha value is -1.47. The summed E-state index contributed by atoms with van der Waals surface area (Å²) in [6.07, 6.45) is 1.74. The van der Waals surface area contributed by atoms with Crippen LogP contribution in [0.15, 0.2) is 18.3 Å². The van der Waals surface area contributed by atoms with Crippen molar-refractivity contribution in [2.45, 2.75) is 0 Å². The van der Waals surface area contributed by atoms with E-state index in [9.17, 15) is 0 Å². The molecule has 0 unspecified atom stereocenters. The zero-order chi connectivity index (χ0) is 7.68. The maximum absolute atomic E-state index is 8.51. The number of fused-ring (bicyclic) bond motifs is 1. The van der Waals surface area contributed by atoms with E-state index in [-0.39, 0.29) is 0 Å². The van der Waals surface area contributed by atoms with E-state index in [0.29, 0.717) is 5.69 Å². The molecule has 0 spiro atoms. The molecule has 0 aliphatic heterocycles. The van der Waals surface area contributed by atoms with Crippen molar-refractivity contribution < 1.29 is 0 Å². The summed E-state index contributed by atoms with van der Waals surface area (Å²) in [4.78, 5) is 4.87. The summed E-state index contributed by atoms with van der Waals surface area (Å²) in [6, 6.07) is 5.52. The Kier molecular flexibility index (Phi) is 1.30. The molecule has 2 aromatic rings. The van der Waals surface area contributed by atoms with Crippen molar-refractivity contribution >= 4 is 21.7 Å². The third-order valence-corrected chi connectivity index (χ3v) is 2.05. The van der Waals surface area contributed by atoms with Crippen molar-refractivity contribution in [3.63, 3.8) is 0 Å². The van der Waals surface area contributed by atoms with Gasteiger partial charge in [0.15, 0.2) is 0 Å². The fraction of sp³-hybridized carbons (Fsp3) is 0. The Morgan fingerprint density at radius 1 is 1.45 bits per heavy atom. The average molecular weight is 161 g/mol. The molecule has 0 fully saturated rings. The summed E-state index contributed by atoms with van der Waals surface area (Å²) in [5.41, 5.74) is 0.446. The second kappa shape index (κ2) is 2.29. The Morgan fingerprint density at radius 2 is 2.36 bits per heavy atom. The van der Waals surface area contributed by atoms with Crippen LogP contribution in [0.5, 0.6) is 0 Å². The molecule has 2 heterocycles. The third-order valence-electron chi connectivity index (χ3n) is 1.34. The van der Waals surface area contributed by atoms with Crippen LogP contribution in [-0.4, -0.2) is 9.36 Å². The monoisotopic (exact) mass is 161 g/mol. The molecule has 0 saturated heterocycles. The minimum absolute atomic E-state index is 0.446. The second-order valence-corrected chi connectivity index (χ2v) is 2.81. The van der Waals surface area contributed by atoms with Gasteiger partial charge in [-0.3, -0.25) is 0 Å². The van der Waals surface area contributed by atoms with Crippen LogP contribution in [0.2, 0.25) is 0 Å². The van der Waals surface area contributed by atoms with Crippen molar-refractivity contribution in [3.05, 3.63) is 24.0 Å². The summed E-state index contributed by atoms with van der Waals surface area (Å²) in [5, 5.41) is 9.50. The van der Waals surface area contributed by atoms with Crippen LogP contribution in [-0.2, 0) is 0 Å². The number of pyridine rings is 1. The Morgan fingerprint density at radius 3 is 3.18 bits per heavy atom. The van der Waals surface area contributed by atoms with E-state index < -0.39 is 0 Å². The molecule has 0 atom stereocenters. The normalized spacial score (nSPS) is 9.73. The highest BCUT2D eigenvalue weighted by atomic mass is 32.1. The standard InChI is InChI=1S/C7H3N3S/c8-3-6-2-1-5-4-9-11-7(5)10-6/h1-2,4H.